The Bertz CT molecular complexity index is 697. The predicted octanol–water partition coefficient (Wildman–Crippen LogP) is 1.15. The van der Waals surface area contributed by atoms with E-state index in [1.165, 1.54) is 0 Å². The molecule has 1 rings (SSSR count). The van der Waals surface area contributed by atoms with Crippen molar-refractivity contribution in [3.63, 3.8) is 0 Å². The van der Waals surface area contributed by atoms with Crippen LogP contribution in [0.25, 0.3) is 0 Å². The number of ether oxygens (including phenoxy) is 2. The van der Waals surface area contributed by atoms with Crippen molar-refractivity contribution in [1.82, 2.24) is 0 Å². The Morgan fingerprint density at radius 1 is 1.04 bits per heavy atom. The van der Waals surface area contributed by atoms with Crippen LogP contribution in [0.5, 0.6) is 0 Å². The lowest BCUT2D eigenvalue weighted by molar-refractivity contribution is -0.162. The summed E-state index contributed by atoms with van der Waals surface area (Å²) in [5.41, 5.74) is -0.517. The molecule has 0 radical (unpaired) electrons. The monoisotopic (exact) mass is 360 g/mol. The minimum absolute atomic E-state index is 0.496. The Labute approximate surface area is 126 Å². The van der Waals surface area contributed by atoms with E-state index in [4.69, 9.17) is 4.55 Å². The van der Waals surface area contributed by atoms with Crippen LogP contribution in [0.4, 0.5) is 17.6 Å². The molecule has 0 aliphatic carbocycles. The van der Waals surface area contributed by atoms with Gasteiger partial charge < -0.3 is 9.47 Å². The number of hydrogen-bond donors (Lipinski definition) is 1. The van der Waals surface area contributed by atoms with Gasteiger partial charge in [-0.15, -0.1) is 0 Å². The third-order valence-electron chi connectivity index (χ3n) is 2.21. The zero-order valence-electron chi connectivity index (χ0n) is 11.0. The fourth-order valence-corrected chi connectivity index (χ4v) is 1.48. The van der Waals surface area contributed by atoms with Gasteiger partial charge in [0.05, 0.1) is 5.56 Å². The summed E-state index contributed by atoms with van der Waals surface area (Å²) in [7, 11) is -6.01. The van der Waals surface area contributed by atoms with E-state index in [1.807, 2.05) is 0 Å². The Hall–Kier alpha value is -2.21. The molecule has 0 saturated carbocycles. The Morgan fingerprint density at radius 3 is 2.00 bits per heavy atom. The molecule has 23 heavy (non-hydrogen) atoms. The molecule has 0 atom stereocenters. The fraction of sp³-hybridized carbons (Fsp3) is 0.273. The lowest BCUT2D eigenvalue weighted by atomic mass is 10.2. The van der Waals surface area contributed by atoms with Crippen molar-refractivity contribution in [2.24, 2.45) is 0 Å². The summed E-state index contributed by atoms with van der Waals surface area (Å²) in [5, 5.41) is -5.18. The first-order valence-corrected chi connectivity index (χ1v) is 7.04. The van der Waals surface area contributed by atoms with Crippen LogP contribution >= 0.6 is 0 Å². The number of alkyl halides is 2. The fourth-order valence-electron chi connectivity index (χ4n) is 1.21. The van der Waals surface area contributed by atoms with Crippen LogP contribution in [-0.4, -0.2) is 43.4 Å². The molecular weight excluding hydrogens is 352 g/mol. The largest absolute Gasteiger partial charge is 0.465 e. The summed E-state index contributed by atoms with van der Waals surface area (Å²) < 4.78 is 88.0. The molecule has 0 unspecified atom stereocenters. The van der Waals surface area contributed by atoms with Crippen LogP contribution in [-0.2, 0) is 24.4 Å². The first kappa shape index (κ1) is 18.8. The van der Waals surface area contributed by atoms with Gasteiger partial charge in [0.15, 0.2) is 0 Å². The van der Waals surface area contributed by atoms with Gasteiger partial charge in [-0.2, -0.15) is 17.2 Å². The molecule has 0 saturated heterocycles. The standard InChI is InChI=1S/C11H8F4O7S/c12-7-3-6(4-8(13)5-7)9(16)21-1-2-22-10(17)11(14,15)23(18,19)20/h3-5H,1-2H2,(H,18,19,20). The Kier molecular flexibility index (Phi) is 5.66. The number of benzene rings is 1. The number of rotatable bonds is 6. The predicted molar refractivity (Wildman–Crippen MR) is 64.1 cm³/mol. The first-order valence-electron chi connectivity index (χ1n) is 5.60. The highest BCUT2D eigenvalue weighted by Crippen LogP contribution is 2.22. The summed E-state index contributed by atoms with van der Waals surface area (Å²) in [6.07, 6.45) is 0. The normalized spacial score (nSPS) is 11.9. The summed E-state index contributed by atoms with van der Waals surface area (Å²) in [4.78, 5) is 22.1. The van der Waals surface area contributed by atoms with Crippen LogP contribution in [0.1, 0.15) is 10.4 Å². The molecule has 1 N–H and O–H groups in total. The van der Waals surface area contributed by atoms with Crippen LogP contribution in [0.15, 0.2) is 18.2 Å². The molecule has 0 fully saturated rings. The zero-order valence-corrected chi connectivity index (χ0v) is 11.8. The van der Waals surface area contributed by atoms with E-state index >= 15 is 0 Å². The summed E-state index contributed by atoms with van der Waals surface area (Å²) in [6, 6.07) is 1.78. The van der Waals surface area contributed by atoms with E-state index in [9.17, 15) is 35.6 Å². The van der Waals surface area contributed by atoms with E-state index in [0.717, 1.165) is 0 Å². The van der Waals surface area contributed by atoms with Crippen LogP contribution in [0.2, 0.25) is 0 Å². The van der Waals surface area contributed by atoms with Gasteiger partial charge in [-0.1, -0.05) is 0 Å². The van der Waals surface area contributed by atoms with Gasteiger partial charge in [0.1, 0.15) is 24.8 Å². The molecule has 0 aliphatic heterocycles. The minimum atomic E-state index is -6.01. The number of esters is 2. The minimum Gasteiger partial charge on any atom is -0.458 e. The quantitative estimate of drug-likeness (QED) is 0.351. The summed E-state index contributed by atoms with van der Waals surface area (Å²) in [6.45, 7) is -1.78. The number of carbonyl (C=O) groups is 2. The van der Waals surface area contributed by atoms with Crippen molar-refractivity contribution in [2.75, 3.05) is 13.2 Å². The summed E-state index contributed by atoms with van der Waals surface area (Å²) in [5.74, 6) is -5.93. The van der Waals surface area contributed by atoms with E-state index in [-0.39, 0.29) is 0 Å². The highest BCUT2D eigenvalue weighted by atomic mass is 32.2. The lowest BCUT2D eigenvalue weighted by Crippen LogP contribution is -2.39. The second-order valence-corrected chi connectivity index (χ2v) is 5.38. The van der Waals surface area contributed by atoms with Crippen molar-refractivity contribution >= 4 is 22.1 Å². The topological polar surface area (TPSA) is 107 Å². The number of halogens is 4. The molecule has 0 amide bonds. The lowest BCUT2D eigenvalue weighted by Gasteiger charge is -2.12. The molecule has 128 valence electrons. The molecule has 0 aromatic heterocycles. The summed E-state index contributed by atoms with van der Waals surface area (Å²) >= 11 is 0. The van der Waals surface area contributed by atoms with Gasteiger partial charge in [0.25, 0.3) is 0 Å². The molecule has 0 spiro atoms. The van der Waals surface area contributed by atoms with E-state index in [0.29, 0.717) is 18.2 Å². The average Bonchev–Trinajstić information content (AvgIpc) is 2.40. The second kappa shape index (κ2) is 6.91. The van der Waals surface area contributed by atoms with Gasteiger partial charge in [0, 0.05) is 6.07 Å². The molecule has 1 aromatic rings. The number of hydrogen-bond acceptors (Lipinski definition) is 6. The van der Waals surface area contributed by atoms with E-state index in [2.05, 4.69) is 9.47 Å². The molecular formula is C11H8F4O7S. The number of carbonyl (C=O) groups excluding carboxylic acids is 2. The van der Waals surface area contributed by atoms with Gasteiger partial charge in [-0.25, -0.2) is 18.4 Å². The average molecular weight is 360 g/mol. The van der Waals surface area contributed by atoms with Crippen LogP contribution in [0.3, 0.4) is 0 Å². The van der Waals surface area contributed by atoms with Crippen molar-refractivity contribution in [3.05, 3.63) is 35.4 Å². The van der Waals surface area contributed by atoms with E-state index in [1.54, 1.807) is 0 Å². The van der Waals surface area contributed by atoms with E-state index < -0.39 is 57.7 Å². The first-order chi connectivity index (χ1) is 10.4. The molecule has 12 heteroatoms. The van der Waals surface area contributed by atoms with Gasteiger partial charge >= 0.3 is 27.3 Å². The Morgan fingerprint density at radius 2 is 1.52 bits per heavy atom. The third-order valence-corrected chi connectivity index (χ3v) is 3.02. The maximum absolute atomic E-state index is 12.8. The molecule has 0 bridgehead atoms. The smallest absolute Gasteiger partial charge is 0.458 e. The van der Waals surface area contributed by atoms with Crippen LogP contribution < -0.4 is 0 Å². The highest BCUT2D eigenvalue weighted by Gasteiger charge is 2.54. The SMILES string of the molecule is O=C(OCCOC(=O)C(F)(F)S(=O)(=O)O)c1cc(F)cc(F)c1. The third kappa shape index (κ3) is 4.89. The highest BCUT2D eigenvalue weighted by molar-refractivity contribution is 7.87. The van der Waals surface area contributed by atoms with Crippen molar-refractivity contribution < 1.29 is 49.6 Å². The molecule has 1 aromatic carbocycles. The molecule has 0 heterocycles. The zero-order chi connectivity index (χ0) is 17.8. The maximum atomic E-state index is 12.8. The van der Waals surface area contributed by atoms with Gasteiger partial charge in [-0.3, -0.25) is 4.55 Å². The second-order valence-electron chi connectivity index (χ2n) is 3.92. The Balaban J connectivity index is 2.52. The molecule has 7 nitrogen and oxygen atoms in total. The van der Waals surface area contributed by atoms with Gasteiger partial charge in [0.2, 0.25) is 0 Å². The van der Waals surface area contributed by atoms with Crippen molar-refractivity contribution in [3.8, 4) is 0 Å². The molecule has 0 aliphatic rings. The maximum Gasteiger partial charge on any atom is 0.465 e. The van der Waals surface area contributed by atoms with Gasteiger partial charge in [-0.05, 0) is 12.1 Å². The van der Waals surface area contributed by atoms with Crippen molar-refractivity contribution in [2.45, 2.75) is 5.25 Å². The van der Waals surface area contributed by atoms with Crippen molar-refractivity contribution in [1.29, 1.82) is 0 Å². The van der Waals surface area contributed by atoms with Crippen LogP contribution in [0, 0.1) is 11.6 Å².